The second kappa shape index (κ2) is 6.05. The quantitative estimate of drug-likeness (QED) is 0.878. The Morgan fingerprint density at radius 1 is 1.35 bits per heavy atom. The number of halogens is 2. The average molecular weight is 338 g/mol. The highest BCUT2D eigenvalue weighted by molar-refractivity contribution is 9.10. The van der Waals surface area contributed by atoms with E-state index in [1.54, 1.807) is 6.07 Å². The molecule has 0 heterocycles. The molecule has 0 saturated heterocycles. The Balaban J connectivity index is 2.13. The van der Waals surface area contributed by atoms with E-state index in [9.17, 15) is 9.18 Å². The van der Waals surface area contributed by atoms with Gasteiger partial charge >= 0.3 is 5.97 Å². The molecular formula is C15H13BrFNO2. The van der Waals surface area contributed by atoms with Gasteiger partial charge in [0.05, 0.1) is 5.56 Å². The number of carboxylic acid groups (broad SMARTS) is 1. The number of carbonyl (C=O) groups is 1. The lowest BCUT2D eigenvalue weighted by Crippen LogP contribution is -2.05. The van der Waals surface area contributed by atoms with Gasteiger partial charge < -0.3 is 10.4 Å². The van der Waals surface area contributed by atoms with Crippen LogP contribution in [0.25, 0.3) is 0 Å². The normalized spacial score (nSPS) is 10.3. The number of nitrogens with one attached hydrogen (secondary N) is 1. The van der Waals surface area contributed by atoms with Crippen molar-refractivity contribution in [3.8, 4) is 0 Å². The van der Waals surface area contributed by atoms with Gasteiger partial charge in [0.15, 0.2) is 0 Å². The monoisotopic (exact) mass is 337 g/mol. The Bertz CT molecular complexity index is 658. The van der Waals surface area contributed by atoms with E-state index in [1.807, 2.05) is 25.1 Å². The Hall–Kier alpha value is -1.88. The van der Waals surface area contributed by atoms with Crippen LogP contribution in [0.15, 0.2) is 40.9 Å². The highest BCUT2D eigenvalue weighted by Gasteiger charge is 2.10. The lowest BCUT2D eigenvalue weighted by Gasteiger charge is -2.11. The molecule has 2 rings (SSSR count). The van der Waals surface area contributed by atoms with E-state index in [-0.39, 0.29) is 5.56 Å². The number of rotatable bonds is 4. The zero-order valence-electron chi connectivity index (χ0n) is 10.8. The van der Waals surface area contributed by atoms with E-state index >= 15 is 0 Å². The largest absolute Gasteiger partial charge is 0.478 e. The third kappa shape index (κ3) is 3.17. The van der Waals surface area contributed by atoms with E-state index < -0.39 is 11.8 Å². The molecule has 3 nitrogen and oxygen atoms in total. The van der Waals surface area contributed by atoms with Crippen molar-refractivity contribution in [2.45, 2.75) is 13.5 Å². The van der Waals surface area contributed by atoms with Crippen LogP contribution in [0.1, 0.15) is 21.5 Å². The van der Waals surface area contributed by atoms with Crippen molar-refractivity contribution in [3.63, 3.8) is 0 Å². The molecule has 0 bridgehead atoms. The van der Waals surface area contributed by atoms with Crippen LogP contribution in [-0.4, -0.2) is 11.1 Å². The van der Waals surface area contributed by atoms with Crippen molar-refractivity contribution in [1.29, 1.82) is 0 Å². The molecule has 0 aliphatic rings. The van der Waals surface area contributed by atoms with Gasteiger partial charge in [0, 0.05) is 16.7 Å². The summed E-state index contributed by atoms with van der Waals surface area (Å²) in [7, 11) is 0. The second-order valence-corrected chi connectivity index (χ2v) is 5.24. The first-order chi connectivity index (χ1) is 9.49. The lowest BCUT2D eigenvalue weighted by molar-refractivity contribution is 0.0692. The summed E-state index contributed by atoms with van der Waals surface area (Å²) in [4.78, 5) is 10.7. The molecule has 2 aromatic carbocycles. The van der Waals surface area contributed by atoms with Gasteiger partial charge in [-0.15, -0.1) is 0 Å². The maximum Gasteiger partial charge on any atom is 0.338 e. The maximum atomic E-state index is 13.6. The maximum absolute atomic E-state index is 13.6. The van der Waals surface area contributed by atoms with Crippen molar-refractivity contribution >= 4 is 27.6 Å². The molecule has 0 aliphatic heterocycles. The first-order valence-corrected chi connectivity index (χ1v) is 6.79. The van der Waals surface area contributed by atoms with E-state index in [2.05, 4.69) is 21.2 Å². The standard InChI is InChI=1S/C15H13BrFNO2/c1-9-12(16)3-2-4-14(9)18-8-10-5-6-11(15(19)20)13(17)7-10/h2-7,18H,8H2,1H3,(H,19,20). The minimum atomic E-state index is -1.26. The zero-order valence-corrected chi connectivity index (χ0v) is 12.4. The van der Waals surface area contributed by atoms with Gasteiger partial charge in [-0.05, 0) is 42.3 Å². The third-order valence-corrected chi connectivity index (χ3v) is 3.87. The Morgan fingerprint density at radius 3 is 2.75 bits per heavy atom. The summed E-state index contributed by atoms with van der Waals surface area (Å²) >= 11 is 3.44. The predicted molar refractivity (Wildman–Crippen MR) is 79.6 cm³/mol. The van der Waals surface area contributed by atoms with Crippen LogP contribution in [-0.2, 0) is 6.54 Å². The van der Waals surface area contributed by atoms with Crippen molar-refractivity contribution < 1.29 is 14.3 Å². The number of hydrogen-bond donors (Lipinski definition) is 2. The van der Waals surface area contributed by atoms with Gasteiger partial charge in [0.1, 0.15) is 5.82 Å². The number of carboxylic acids is 1. The topological polar surface area (TPSA) is 49.3 Å². The van der Waals surface area contributed by atoms with Crippen LogP contribution in [0, 0.1) is 12.7 Å². The van der Waals surface area contributed by atoms with Gasteiger partial charge in [0.25, 0.3) is 0 Å². The van der Waals surface area contributed by atoms with E-state index in [0.717, 1.165) is 15.7 Å². The molecule has 2 aromatic rings. The van der Waals surface area contributed by atoms with Crippen LogP contribution in [0.4, 0.5) is 10.1 Å². The van der Waals surface area contributed by atoms with Crippen molar-refractivity contribution in [3.05, 3.63) is 63.4 Å². The van der Waals surface area contributed by atoms with Gasteiger partial charge in [-0.3, -0.25) is 0 Å². The number of benzene rings is 2. The molecule has 0 spiro atoms. The predicted octanol–water partition coefficient (Wildman–Crippen LogP) is 4.21. The fourth-order valence-corrected chi connectivity index (χ4v) is 2.20. The zero-order chi connectivity index (χ0) is 14.7. The van der Waals surface area contributed by atoms with E-state index in [4.69, 9.17) is 5.11 Å². The minimum Gasteiger partial charge on any atom is -0.478 e. The molecule has 0 fully saturated rings. The summed E-state index contributed by atoms with van der Waals surface area (Å²) in [5, 5.41) is 12.0. The molecule has 0 saturated carbocycles. The second-order valence-electron chi connectivity index (χ2n) is 4.39. The average Bonchev–Trinajstić information content (AvgIpc) is 2.40. The first kappa shape index (κ1) is 14.5. The fraction of sp³-hybridized carbons (Fsp3) is 0.133. The minimum absolute atomic E-state index is 0.313. The van der Waals surface area contributed by atoms with E-state index in [0.29, 0.717) is 12.1 Å². The molecular weight excluding hydrogens is 325 g/mol. The molecule has 0 radical (unpaired) electrons. The Kier molecular flexibility index (Phi) is 4.39. The van der Waals surface area contributed by atoms with Gasteiger partial charge in [0.2, 0.25) is 0 Å². The number of hydrogen-bond acceptors (Lipinski definition) is 2. The third-order valence-electron chi connectivity index (χ3n) is 3.01. The van der Waals surface area contributed by atoms with Crippen LogP contribution in [0.5, 0.6) is 0 Å². The highest BCUT2D eigenvalue weighted by Crippen LogP contribution is 2.24. The smallest absolute Gasteiger partial charge is 0.338 e. The molecule has 5 heteroatoms. The summed E-state index contributed by atoms with van der Waals surface area (Å²) in [5.74, 6) is -1.98. The molecule has 0 aromatic heterocycles. The summed E-state index contributed by atoms with van der Waals surface area (Å²) < 4.78 is 14.5. The summed E-state index contributed by atoms with van der Waals surface area (Å²) in [6.45, 7) is 2.40. The summed E-state index contributed by atoms with van der Waals surface area (Å²) in [6, 6.07) is 9.91. The molecule has 20 heavy (non-hydrogen) atoms. The number of anilines is 1. The first-order valence-electron chi connectivity index (χ1n) is 5.99. The van der Waals surface area contributed by atoms with Crippen LogP contribution < -0.4 is 5.32 Å². The molecule has 0 unspecified atom stereocenters. The Labute approximate surface area is 124 Å². The fourth-order valence-electron chi connectivity index (χ4n) is 1.84. The molecule has 0 aliphatic carbocycles. The van der Waals surface area contributed by atoms with Crippen molar-refractivity contribution in [1.82, 2.24) is 0 Å². The lowest BCUT2D eigenvalue weighted by atomic mass is 10.1. The highest BCUT2D eigenvalue weighted by atomic mass is 79.9. The van der Waals surface area contributed by atoms with Crippen LogP contribution >= 0.6 is 15.9 Å². The van der Waals surface area contributed by atoms with E-state index in [1.165, 1.54) is 12.1 Å². The van der Waals surface area contributed by atoms with Crippen molar-refractivity contribution in [2.24, 2.45) is 0 Å². The molecule has 0 amide bonds. The van der Waals surface area contributed by atoms with Gasteiger partial charge in [-0.1, -0.05) is 28.1 Å². The van der Waals surface area contributed by atoms with Crippen LogP contribution in [0.3, 0.4) is 0 Å². The van der Waals surface area contributed by atoms with Crippen LogP contribution in [0.2, 0.25) is 0 Å². The summed E-state index contributed by atoms with van der Waals surface area (Å²) in [6.07, 6.45) is 0. The molecule has 0 atom stereocenters. The SMILES string of the molecule is Cc1c(Br)cccc1NCc1ccc(C(=O)O)c(F)c1. The van der Waals surface area contributed by atoms with Crippen molar-refractivity contribution in [2.75, 3.05) is 5.32 Å². The molecule has 2 N–H and O–H groups in total. The Morgan fingerprint density at radius 2 is 2.10 bits per heavy atom. The molecule has 104 valence electrons. The van der Waals surface area contributed by atoms with Gasteiger partial charge in [-0.25, -0.2) is 9.18 Å². The summed E-state index contributed by atoms with van der Waals surface area (Å²) in [5.41, 5.74) is 2.39. The number of aromatic carboxylic acids is 1. The van der Waals surface area contributed by atoms with Gasteiger partial charge in [-0.2, -0.15) is 0 Å².